The van der Waals surface area contributed by atoms with Crippen molar-refractivity contribution in [3.05, 3.63) is 30.6 Å². The maximum Gasteiger partial charge on any atom is 0.410 e. The van der Waals surface area contributed by atoms with Crippen molar-refractivity contribution in [3.8, 4) is 5.75 Å². The monoisotopic (exact) mass is 433 g/mol. The van der Waals surface area contributed by atoms with Gasteiger partial charge in [0.05, 0.1) is 18.2 Å². The van der Waals surface area contributed by atoms with Crippen molar-refractivity contribution in [1.82, 2.24) is 14.2 Å². The highest BCUT2D eigenvalue weighted by molar-refractivity contribution is 7.89. The minimum absolute atomic E-state index is 0.103. The number of fused-ring (bicyclic) bond motifs is 2. The summed E-state index contributed by atoms with van der Waals surface area (Å²) in [6, 6.07) is 5.15. The molecule has 8 nitrogen and oxygen atoms in total. The number of methoxy groups -OCH3 is 1. The Morgan fingerprint density at radius 2 is 1.77 bits per heavy atom. The van der Waals surface area contributed by atoms with Crippen LogP contribution < -0.4 is 4.74 Å². The van der Waals surface area contributed by atoms with Gasteiger partial charge in [-0.25, -0.2) is 13.2 Å². The van der Waals surface area contributed by atoms with Crippen molar-refractivity contribution in [2.24, 2.45) is 11.8 Å². The zero-order chi connectivity index (χ0) is 21.7. The Morgan fingerprint density at radius 1 is 1.10 bits per heavy atom. The highest BCUT2D eigenvalue weighted by atomic mass is 32.2. The molecule has 2 aromatic rings. The Morgan fingerprint density at radius 3 is 2.37 bits per heavy atom. The Kier molecular flexibility index (Phi) is 5.14. The average molecular weight is 434 g/mol. The first-order valence-corrected chi connectivity index (χ1v) is 11.4. The third kappa shape index (κ3) is 3.72. The van der Waals surface area contributed by atoms with Crippen molar-refractivity contribution in [3.63, 3.8) is 0 Å². The van der Waals surface area contributed by atoms with E-state index in [-0.39, 0.29) is 22.8 Å². The van der Waals surface area contributed by atoms with Gasteiger partial charge in [0.2, 0.25) is 10.0 Å². The van der Waals surface area contributed by atoms with Crippen LogP contribution in [0.2, 0.25) is 0 Å². The number of likely N-dealkylation sites (tertiary alicyclic amines) is 1. The number of hydrogen-bond donors (Lipinski definition) is 0. The molecule has 1 aromatic heterocycles. The van der Waals surface area contributed by atoms with Gasteiger partial charge in [-0.2, -0.15) is 4.31 Å². The summed E-state index contributed by atoms with van der Waals surface area (Å²) in [5, 5.41) is 1.26. The number of carbonyl (C=O) groups is 1. The van der Waals surface area contributed by atoms with Gasteiger partial charge < -0.3 is 14.4 Å². The Balaban J connectivity index is 1.55. The molecule has 0 bridgehead atoms. The molecule has 30 heavy (non-hydrogen) atoms. The molecule has 0 unspecified atom stereocenters. The molecule has 162 valence electrons. The highest BCUT2D eigenvalue weighted by Crippen LogP contribution is 2.38. The van der Waals surface area contributed by atoms with Gasteiger partial charge in [0, 0.05) is 43.1 Å². The van der Waals surface area contributed by atoms with Crippen LogP contribution in [0.15, 0.2) is 35.5 Å². The number of amides is 1. The second-order valence-corrected chi connectivity index (χ2v) is 10.8. The van der Waals surface area contributed by atoms with Gasteiger partial charge in [-0.1, -0.05) is 12.1 Å². The lowest BCUT2D eigenvalue weighted by Crippen LogP contribution is -2.38. The predicted octanol–water partition coefficient (Wildman–Crippen LogP) is 2.73. The number of aromatic nitrogens is 1. The maximum atomic E-state index is 13.5. The molecule has 0 N–H and O–H groups in total. The summed E-state index contributed by atoms with van der Waals surface area (Å²) < 4.78 is 39.4. The van der Waals surface area contributed by atoms with Gasteiger partial charge in [0.25, 0.3) is 0 Å². The van der Waals surface area contributed by atoms with Crippen LogP contribution in [-0.2, 0) is 14.8 Å². The number of pyridine rings is 1. The Hall–Kier alpha value is -2.39. The first-order valence-electron chi connectivity index (χ1n) is 9.99. The minimum atomic E-state index is -3.72. The highest BCUT2D eigenvalue weighted by Gasteiger charge is 2.46. The van der Waals surface area contributed by atoms with Crippen LogP contribution in [0.4, 0.5) is 4.79 Å². The smallest absolute Gasteiger partial charge is 0.410 e. The largest absolute Gasteiger partial charge is 0.494 e. The van der Waals surface area contributed by atoms with Gasteiger partial charge in [0.1, 0.15) is 11.4 Å². The fourth-order valence-corrected chi connectivity index (χ4v) is 6.08. The maximum absolute atomic E-state index is 13.5. The fraction of sp³-hybridized carbons (Fsp3) is 0.524. The molecular weight excluding hydrogens is 406 g/mol. The molecular formula is C21H27N3O5S. The Labute approximate surface area is 176 Å². The molecule has 0 spiro atoms. The molecule has 1 aromatic carbocycles. The molecule has 1 amide bonds. The van der Waals surface area contributed by atoms with E-state index >= 15 is 0 Å². The van der Waals surface area contributed by atoms with Crippen LogP contribution in [0.5, 0.6) is 5.75 Å². The van der Waals surface area contributed by atoms with Crippen LogP contribution in [0.1, 0.15) is 20.8 Å². The standard InChI is InChI=1S/C21H27N3O5S/c1-21(2,3)29-20(25)23-10-15-12-24(13-16(15)11-23)30(26,27)18-7-5-6-14-8-22-9-17(28-4)19(14)18/h5-9,15-16H,10-13H2,1-4H3/t15-,16+. The van der Waals surface area contributed by atoms with Gasteiger partial charge >= 0.3 is 6.09 Å². The summed E-state index contributed by atoms with van der Waals surface area (Å²) in [5.74, 6) is 0.638. The van der Waals surface area contributed by atoms with Crippen molar-refractivity contribution in [2.75, 3.05) is 33.3 Å². The summed E-state index contributed by atoms with van der Waals surface area (Å²) in [6.07, 6.45) is 2.82. The minimum Gasteiger partial charge on any atom is -0.494 e. The van der Waals surface area contributed by atoms with Crippen molar-refractivity contribution in [2.45, 2.75) is 31.3 Å². The topological polar surface area (TPSA) is 89.0 Å². The summed E-state index contributed by atoms with van der Waals surface area (Å²) in [7, 11) is -2.21. The first-order chi connectivity index (χ1) is 14.1. The summed E-state index contributed by atoms with van der Waals surface area (Å²) >= 11 is 0. The van der Waals surface area contributed by atoms with E-state index in [1.807, 2.05) is 26.8 Å². The van der Waals surface area contributed by atoms with Crippen LogP contribution in [-0.4, -0.2) is 67.6 Å². The van der Waals surface area contributed by atoms with Gasteiger partial charge in [-0.3, -0.25) is 4.98 Å². The molecule has 0 aliphatic carbocycles. The van der Waals surface area contributed by atoms with E-state index in [1.54, 1.807) is 23.2 Å². The third-order valence-electron chi connectivity index (χ3n) is 5.65. The molecule has 2 aliphatic heterocycles. The first kappa shape index (κ1) is 20.9. The van der Waals surface area contributed by atoms with E-state index in [0.717, 1.165) is 0 Å². The average Bonchev–Trinajstić information content (AvgIpc) is 3.25. The summed E-state index contributed by atoms with van der Waals surface area (Å²) in [5.41, 5.74) is -0.549. The van der Waals surface area contributed by atoms with Gasteiger partial charge in [-0.05, 0) is 38.7 Å². The predicted molar refractivity (Wildman–Crippen MR) is 112 cm³/mol. The van der Waals surface area contributed by atoms with Gasteiger partial charge in [-0.15, -0.1) is 0 Å². The lowest BCUT2D eigenvalue weighted by Gasteiger charge is -2.26. The molecule has 2 atom stereocenters. The molecule has 0 saturated carbocycles. The van der Waals surface area contributed by atoms with E-state index in [0.29, 0.717) is 42.7 Å². The van der Waals surface area contributed by atoms with Crippen molar-refractivity contribution < 1.29 is 22.7 Å². The van der Waals surface area contributed by atoms with Crippen LogP contribution in [0.25, 0.3) is 10.8 Å². The van der Waals surface area contributed by atoms with Crippen molar-refractivity contribution >= 4 is 26.9 Å². The summed E-state index contributed by atoms with van der Waals surface area (Å²) in [4.78, 5) is 18.4. The van der Waals surface area contributed by atoms with Crippen LogP contribution in [0.3, 0.4) is 0 Å². The number of rotatable bonds is 3. The molecule has 0 radical (unpaired) electrons. The number of benzene rings is 1. The number of nitrogens with zero attached hydrogens (tertiary/aromatic N) is 3. The normalized spacial score (nSPS) is 22.3. The van der Waals surface area contributed by atoms with Crippen molar-refractivity contribution in [1.29, 1.82) is 0 Å². The molecule has 3 heterocycles. The Bertz CT molecular complexity index is 1060. The SMILES string of the molecule is COc1cncc2cccc(S(=O)(=O)N3C[C@H]4CN(C(=O)OC(C)(C)C)C[C@H]4C3)c12. The molecule has 2 saturated heterocycles. The lowest BCUT2D eigenvalue weighted by molar-refractivity contribution is 0.0279. The van der Waals surface area contributed by atoms with Crippen LogP contribution >= 0.6 is 0 Å². The van der Waals surface area contributed by atoms with E-state index < -0.39 is 15.6 Å². The lowest BCUT2D eigenvalue weighted by atomic mass is 10.0. The van der Waals surface area contributed by atoms with E-state index in [9.17, 15) is 13.2 Å². The molecule has 9 heteroatoms. The number of carbonyl (C=O) groups excluding carboxylic acids is 1. The van der Waals surface area contributed by atoms with E-state index in [1.165, 1.54) is 17.6 Å². The summed E-state index contributed by atoms with van der Waals surface area (Å²) in [6.45, 7) is 7.30. The third-order valence-corrected chi connectivity index (χ3v) is 7.53. The quantitative estimate of drug-likeness (QED) is 0.740. The number of ether oxygens (including phenoxy) is 2. The van der Waals surface area contributed by atoms with Crippen LogP contribution in [0, 0.1) is 11.8 Å². The second kappa shape index (κ2) is 7.39. The van der Waals surface area contributed by atoms with E-state index in [2.05, 4.69) is 4.98 Å². The number of hydrogen-bond acceptors (Lipinski definition) is 6. The fourth-order valence-electron chi connectivity index (χ4n) is 4.30. The zero-order valence-corrected chi connectivity index (χ0v) is 18.5. The zero-order valence-electron chi connectivity index (χ0n) is 17.7. The second-order valence-electron chi connectivity index (χ2n) is 8.92. The molecule has 2 aliphatic rings. The van der Waals surface area contributed by atoms with E-state index in [4.69, 9.17) is 9.47 Å². The van der Waals surface area contributed by atoms with Gasteiger partial charge in [0.15, 0.2) is 0 Å². The molecule has 4 rings (SSSR count). The molecule has 2 fully saturated rings. The number of sulfonamides is 1.